The lowest BCUT2D eigenvalue weighted by Gasteiger charge is -2.35. The summed E-state index contributed by atoms with van der Waals surface area (Å²) in [6, 6.07) is 1.33. The van der Waals surface area contributed by atoms with E-state index in [-0.39, 0.29) is 5.70 Å². The van der Waals surface area contributed by atoms with Gasteiger partial charge in [-0.05, 0) is 45.5 Å². The van der Waals surface area contributed by atoms with Crippen molar-refractivity contribution in [1.82, 2.24) is 15.0 Å². The molecule has 0 N–H and O–H groups in total. The van der Waals surface area contributed by atoms with Gasteiger partial charge in [0.2, 0.25) is 5.95 Å². The number of nitrogens with zero attached hydrogens (tertiary/aromatic N) is 5. The second-order valence-electron chi connectivity index (χ2n) is 6.55. The summed E-state index contributed by atoms with van der Waals surface area (Å²) in [7, 11) is 1.91. The van der Waals surface area contributed by atoms with Gasteiger partial charge in [-0.1, -0.05) is 37.3 Å². The molecule has 0 aromatic carbocycles. The van der Waals surface area contributed by atoms with Crippen molar-refractivity contribution >= 4 is 12.6 Å². The Labute approximate surface area is 178 Å². The normalized spacial score (nSPS) is 14.0. The minimum Gasteiger partial charge on any atom is -0.285 e. The van der Waals surface area contributed by atoms with E-state index < -0.39 is 11.8 Å². The Kier molecular flexibility index (Phi) is 11.1. The Balaban J connectivity index is 3.58. The van der Waals surface area contributed by atoms with Gasteiger partial charge in [0.25, 0.3) is 0 Å². The second kappa shape index (κ2) is 13.3. The molecule has 0 radical (unpaired) electrons. The van der Waals surface area contributed by atoms with Crippen molar-refractivity contribution in [2.45, 2.75) is 34.1 Å². The molecule has 0 fully saturated rings. The van der Waals surface area contributed by atoms with E-state index in [4.69, 9.17) is 0 Å². The number of hydrogen-bond acceptors (Lipinski definition) is 4. The van der Waals surface area contributed by atoms with Crippen molar-refractivity contribution < 1.29 is 8.78 Å². The smallest absolute Gasteiger partial charge is 0.233 e. The molecular formula is C23H31F2N5. The molecule has 0 bridgehead atoms. The van der Waals surface area contributed by atoms with Crippen LogP contribution in [0, 0.1) is 5.82 Å². The van der Waals surface area contributed by atoms with Gasteiger partial charge in [-0.25, -0.2) is 19.4 Å². The molecule has 0 unspecified atom stereocenters. The van der Waals surface area contributed by atoms with Gasteiger partial charge in [0.05, 0.1) is 18.4 Å². The summed E-state index contributed by atoms with van der Waals surface area (Å²) in [4.78, 5) is 11.7. The van der Waals surface area contributed by atoms with E-state index in [2.05, 4.69) is 28.6 Å². The van der Waals surface area contributed by atoms with Gasteiger partial charge < -0.3 is 0 Å². The Morgan fingerprint density at radius 1 is 1.27 bits per heavy atom. The average molecular weight is 416 g/mol. The maximum atomic E-state index is 14.0. The fourth-order valence-electron chi connectivity index (χ4n) is 2.63. The Morgan fingerprint density at radius 3 is 2.57 bits per heavy atom. The zero-order chi connectivity index (χ0) is 22.5. The first-order valence-electron chi connectivity index (χ1n) is 9.83. The number of amidine groups is 1. The largest absolute Gasteiger partial charge is 0.285 e. The monoisotopic (exact) mass is 415 g/mol. The van der Waals surface area contributed by atoms with Crippen LogP contribution in [0.25, 0.3) is 0 Å². The van der Waals surface area contributed by atoms with Crippen molar-refractivity contribution in [2.75, 3.05) is 20.1 Å². The molecule has 0 saturated heterocycles. The van der Waals surface area contributed by atoms with Gasteiger partial charge in [0.15, 0.2) is 5.84 Å². The maximum absolute atomic E-state index is 14.0. The molecule has 1 aromatic rings. The van der Waals surface area contributed by atoms with Crippen LogP contribution in [0.4, 0.5) is 8.78 Å². The minimum atomic E-state index is -0.783. The molecule has 7 heteroatoms. The van der Waals surface area contributed by atoms with Crippen molar-refractivity contribution in [3.05, 3.63) is 77.4 Å². The number of rotatable bonds is 10. The molecule has 0 atom stereocenters. The quantitative estimate of drug-likeness (QED) is 0.167. The molecule has 0 spiro atoms. The summed E-state index contributed by atoms with van der Waals surface area (Å²) in [5.41, 5.74) is 1.49. The van der Waals surface area contributed by atoms with Crippen LogP contribution >= 0.6 is 0 Å². The highest BCUT2D eigenvalue weighted by molar-refractivity contribution is 5.99. The van der Waals surface area contributed by atoms with Crippen LogP contribution in [-0.2, 0) is 0 Å². The Morgan fingerprint density at radius 2 is 2.00 bits per heavy atom. The fraction of sp³-hybridized carbons (Fsp3) is 0.348. The topological polar surface area (TPSA) is 44.1 Å². The van der Waals surface area contributed by atoms with Gasteiger partial charge in [0, 0.05) is 25.4 Å². The molecular weight excluding hydrogens is 384 g/mol. The molecule has 30 heavy (non-hydrogen) atoms. The second-order valence-corrected chi connectivity index (χ2v) is 6.55. The SMILES string of the molecule is C=N/C(F)=C(\C)N=C(c1cncc(F)c1)N(CC(/C=C\C=CC)=C/C)N(C)CCC. The highest BCUT2D eigenvalue weighted by Crippen LogP contribution is 2.17. The van der Waals surface area contributed by atoms with E-state index in [0.717, 1.165) is 24.7 Å². The van der Waals surface area contributed by atoms with Crippen LogP contribution in [0.15, 0.2) is 76.0 Å². The zero-order valence-corrected chi connectivity index (χ0v) is 18.4. The van der Waals surface area contributed by atoms with Crippen LogP contribution < -0.4 is 0 Å². The van der Waals surface area contributed by atoms with E-state index >= 15 is 0 Å². The van der Waals surface area contributed by atoms with Crippen molar-refractivity contribution in [2.24, 2.45) is 9.98 Å². The first-order chi connectivity index (χ1) is 14.4. The predicted octanol–water partition coefficient (Wildman–Crippen LogP) is 5.46. The molecule has 0 aliphatic carbocycles. The number of hydrazine groups is 1. The van der Waals surface area contributed by atoms with Crippen LogP contribution in [0.2, 0.25) is 0 Å². The molecule has 0 aliphatic heterocycles. The first kappa shape index (κ1) is 25.1. The molecule has 0 saturated carbocycles. The predicted molar refractivity (Wildman–Crippen MR) is 121 cm³/mol. The van der Waals surface area contributed by atoms with Crippen molar-refractivity contribution in [3.8, 4) is 0 Å². The zero-order valence-electron chi connectivity index (χ0n) is 18.4. The number of hydrogen-bond donors (Lipinski definition) is 0. The van der Waals surface area contributed by atoms with E-state index in [1.807, 2.05) is 61.3 Å². The highest BCUT2D eigenvalue weighted by Gasteiger charge is 2.20. The lowest BCUT2D eigenvalue weighted by Crippen LogP contribution is -2.46. The standard InChI is InChI=1S/C23H31F2N5/c1-7-10-11-12-19(9-3)17-30(29(6)13-8-2)23(28-18(4)22(25)26-5)20-14-21(24)16-27-15-20/h7,9-12,14-16H,5,8,13,17H2,1-4,6H3/b10-7?,12-11-,19-9+,22-18+,28-23?. The average Bonchev–Trinajstić information content (AvgIpc) is 2.74. The third kappa shape index (κ3) is 7.83. The minimum absolute atomic E-state index is 0.0469. The van der Waals surface area contributed by atoms with E-state index in [9.17, 15) is 8.78 Å². The van der Waals surface area contributed by atoms with E-state index in [1.165, 1.54) is 19.2 Å². The fourth-order valence-corrected chi connectivity index (χ4v) is 2.63. The molecule has 0 amide bonds. The summed E-state index contributed by atoms with van der Waals surface area (Å²) in [6.45, 7) is 11.8. The van der Waals surface area contributed by atoms with Gasteiger partial charge in [-0.2, -0.15) is 4.39 Å². The third-order valence-corrected chi connectivity index (χ3v) is 4.19. The van der Waals surface area contributed by atoms with Gasteiger partial charge in [0.1, 0.15) is 5.82 Å². The van der Waals surface area contributed by atoms with Gasteiger partial charge >= 0.3 is 0 Å². The Hall–Kier alpha value is -2.93. The number of aliphatic imine (C=N–C) groups is 2. The molecule has 1 rings (SSSR count). The van der Waals surface area contributed by atoms with E-state index in [1.54, 1.807) is 0 Å². The first-order valence-corrected chi connectivity index (χ1v) is 9.83. The highest BCUT2D eigenvalue weighted by atomic mass is 19.1. The Bertz CT molecular complexity index is 853. The molecule has 1 aromatic heterocycles. The summed E-state index contributed by atoms with van der Waals surface area (Å²) >= 11 is 0. The summed E-state index contributed by atoms with van der Waals surface area (Å²) < 4.78 is 28.0. The number of halogens is 2. The number of pyridine rings is 1. The third-order valence-electron chi connectivity index (χ3n) is 4.19. The summed E-state index contributed by atoms with van der Waals surface area (Å²) in [5, 5.41) is 3.86. The molecule has 5 nitrogen and oxygen atoms in total. The van der Waals surface area contributed by atoms with Gasteiger partial charge in [-0.3, -0.25) is 9.99 Å². The summed E-state index contributed by atoms with van der Waals surface area (Å²) in [6.07, 6.45) is 13.3. The molecule has 0 aliphatic rings. The van der Waals surface area contributed by atoms with Crippen LogP contribution in [-0.4, -0.2) is 47.7 Å². The van der Waals surface area contributed by atoms with Crippen LogP contribution in [0.1, 0.15) is 39.7 Å². The van der Waals surface area contributed by atoms with Crippen LogP contribution in [0.5, 0.6) is 0 Å². The van der Waals surface area contributed by atoms with Crippen LogP contribution in [0.3, 0.4) is 0 Å². The number of allylic oxidation sites excluding steroid dienone is 5. The molecule has 162 valence electrons. The van der Waals surface area contributed by atoms with Crippen molar-refractivity contribution in [3.63, 3.8) is 0 Å². The lowest BCUT2D eigenvalue weighted by atomic mass is 10.2. The number of aromatic nitrogens is 1. The molecule has 1 heterocycles. The van der Waals surface area contributed by atoms with E-state index in [0.29, 0.717) is 17.9 Å². The maximum Gasteiger partial charge on any atom is 0.233 e. The lowest BCUT2D eigenvalue weighted by molar-refractivity contribution is 0.0877. The van der Waals surface area contributed by atoms with Gasteiger partial charge in [-0.15, -0.1) is 0 Å². The van der Waals surface area contributed by atoms with Crippen molar-refractivity contribution in [1.29, 1.82) is 0 Å². The summed E-state index contributed by atoms with van der Waals surface area (Å²) in [5.74, 6) is -0.913.